The molecule has 0 spiro atoms. The summed E-state index contributed by atoms with van der Waals surface area (Å²) in [5, 5.41) is 23.9. The highest BCUT2D eigenvalue weighted by Gasteiger charge is 2.76. The number of fused-ring (bicyclic) bond motifs is 7. The van der Waals surface area contributed by atoms with Gasteiger partial charge in [0.1, 0.15) is 12.4 Å². The molecule has 3 saturated carbocycles. The summed E-state index contributed by atoms with van der Waals surface area (Å²) in [6, 6.07) is 13.8. The Bertz CT molecular complexity index is 2270. The van der Waals surface area contributed by atoms with Crippen LogP contribution in [0.4, 0.5) is 0 Å². The molecule has 2 aromatic carbocycles. The quantitative estimate of drug-likeness (QED) is 0.121. The molecule has 63 heavy (non-hydrogen) atoms. The van der Waals surface area contributed by atoms with Crippen LogP contribution in [0, 0.1) is 28.6 Å². The highest BCUT2D eigenvalue weighted by molar-refractivity contribution is 7.46. The van der Waals surface area contributed by atoms with Crippen LogP contribution in [0.2, 0.25) is 0 Å². The van der Waals surface area contributed by atoms with E-state index in [0.717, 1.165) is 16.7 Å². The largest absolute Gasteiger partial charge is 0.481 e. The second-order valence-corrected chi connectivity index (χ2v) is 19.5. The molecule has 10 atom stereocenters. The smallest absolute Gasteiger partial charge is 0.470 e. The third-order valence-electron chi connectivity index (χ3n) is 14.4. The fourth-order valence-electron chi connectivity index (χ4n) is 11.4. The number of ketones is 4. The molecular formula is C47H56NO14P. The number of hydrogen-bond acceptors (Lipinski definition) is 11. The maximum atomic E-state index is 14.4. The Morgan fingerprint density at radius 2 is 1.73 bits per heavy atom. The van der Waals surface area contributed by atoms with E-state index in [9.17, 15) is 53.3 Å². The van der Waals surface area contributed by atoms with Crippen LogP contribution >= 0.6 is 7.82 Å². The lowest BCUT2D eigenvalue weighted by Crippen LogP contribution is -2.63. The van der Waals surface area contributed by atoms with Crippen LogP contribution in [0.5, 0.6) is 0 Å². The van der Waals surface area contributed by atoms with Crippen molar-refractivity contribution in [1.29, 1.82) is 0 Å². The van der Waals surface area contributed by atoms with Gasteiger partial charge in [0.25, 0.3) is 0 Å². The lowest BCUT2D eigenvalue weighted by atomic mass is 9.46. The Labute approximate surface area is 365 Å². The third-order valence-corrected chi connectivity index (χ3v) is 14.9. The normalized spacial score (nSPS) is 31.2. The molecule has 2 aromatic rings. The molecule has 5 N–H and O–H groups in total. The van der Waals surface area contributed by atoms with Gasteiger partial charge in [-0.05, 0) is 79.2 Å². The van der Waals surface area contributed by atoms with Crippen molar-refractivity contribution in [2.75, 3.05) is 6.61 Å². The average molecular weight is 890 g/mol. The Hall–Kier alpha value is -4.47. The molecule has 338 valence electrons. The number of aliphatic carboxylic acids is 1. The van der Waals surface area contributed by atoms with Crippen LogP contribution in [0.3, 0.4) is 0 Å². The highest BCUT2D eigenvalue weighted by atomic mass is 31.2. The van der Waals surface area contributed by atoms with Gasteiger partial charge in [-0.25, -0.2) is 4.57 Å². The third kappa shape index (κ3) is 9.38. The summed E-state index contributed by atoms with van der Waals surface area (Å²) in [6.07, 6.45) is 4.58. The van der Waals surface area contributed by atoms with Crippen molar-refractivity contribution in [2.24, 2.45) is 28.6 Å². The van der Waals surface area contributed by atoms with Gasteiger partial charge < -0.3 is 34.8 Å². The number of amides is 1. The Morgan fingerprint density at radius 1 is 1.00 bits per heavy atom. The molecule has 0 radical (unpaired) electrons. The molecule has 0 aromatic heterocycles. The monoisotopic (exact) mass is 889 g/mol. The molecule has 7 rings (SSSR count). The summed E-state index contributed by atoms with van der Waals surface area (Å²) < 4.78 is 30.0. The van der Waals surface area contributed by atoms with Gasteiger partial charge in [-0.2, -0.15) is 0 Å². The molecule has 16 heteroatoms. The highest BCUT2D eigenvalue weighted by Crippen LogP contribution is 2.70. The number of aliphatic hydroxyl groups is 1. The first kappa shape index (κ1) is 46.5. The topological polar surface area (TPSA) is 240 Å². The number of nitrogens with one attached hydrogen (secondary N) is 1. The molecule has 4 aliphatic carbocycles. The summed E-state index contributed by atoms with van der Waals surface area (Å²) in [6.45, 7) is 4.74. The zero-order valence-corrected chi connectivity index (χ0v) is 36.6. The van der Waals surface area contributed by atoms with Crippen LogP contribution in [-0.2, 0) is 60.2 Å². The van der Waals surface area contributed by atoms with Crippen LogP contribution in [0.15, 0.2) is 72.3 Å². The van der Waals surface area contributed by atoms with Crippen molar-refractivity contribution in [3.63, 3.8) is 0 Å². The van der Waals surface area contributed by atoms with Crippen molar-refractivity contribution < 1.29 is 67.3 Å². The van der Waals surface area contributed by atoms with Crippen molar-refractivity contribution >= 4 is 42.8 Å². The van der Waals surface area contributed by atoms with E-state index in [2.05, 4.69) is 5.32 Å². The number of carbonyl (C=O) groups excluding carboxylic acids is 5. The molecule has 4 fully saturated rings. The van der Waals surface area contributed by atoms with Crippen LogP contribution in [0.1, 0.15) is 107 Å². The first-order valence-electron chi connectivity index (χ1n) is 21.7. The number of hydrogen-bond donors (Lipinski definition) is 5. The van der Waals surface area contributed by atoms with Gasteiger partial charge >= 0.3 is 13.8 Å². The van der Waals surface area contributed by atoms with E-state index in [1.807, 2.05) is 62.4 Å². The average Bonchev–Trinajstić information content (AvgIpc) is 3.73. The lowest BCUT2D eigenvalue weighted by molar-refractivity contribution is -0.200. The zero-order chi connectivity index (χ0) is 45.5. The van der Waals surface area contributed by atoms with E-state index >= 15 is 0 Å². The number of carboxylic acid groups (broad SMARTS) is 1. The Balaban J connectivity index is 1.06. The fraction of sp³-hybridized carbons (Fsp3) is 0.532. The molecule has 15 nitrogen and oxygen atoms in total. The first-order valence-corrected chi connectivity index (χ1v) is 23.2. The molecule has 1 aliphatic heterocycles. The second kappa shape index (κ2) is 18.2. The van der Waals surface area contributed by atoms with Gasteiger partial charge in [0.2, 0.25) is 5.91 Å². The van der Waals surface area contributed by atoms with Crippen LogP contribution in [-0.4, -0.2) is 85.5 Å². The molecule has 0 unspecified atom stereocenters. The van der Waals surface area contributed by atoms with Gasteiger partial charge in [-0.15, -0.1) is 0 Å². The van der Waals surface area contributed by atoms with E-state index in [0.29, 0.717) is 43.2 Å². The number of allylic oxidation sites excluding steroid dienone is 4. The minimum Gasteiger partial charge on any atom is -0.481 e. The molecule has 1 heterocycles. The van der Waals surface area contributed by atoms with Gasteiger partial charge in [-0.1, -0.05) is 81.0 Å². The van der Waals surface area contributed by atoms with Crippen molar-refractivity contribution in [3.05, 3.63) is 94.6 Å². The maximum absolute atomic E-state index is 14.4. The summed E-state index contributed by atoms with van der Waals surface area (Å²) >= 11 is 0. The van der Waals surface area contributed by atoms with Crippen molar-refractivity contribution in [3.8, 4) is 0 Å². The predicted molar refractivity (Wildman–Crippen MR) is 226 cm³/mol. The minimum atomic E-state index is -5.03. The van der Waals surface area contributed by atoms with E-state index in [1.54, 1.807) is 25.1 Å². The molecule has 1 amide bonds. The molecule has 1 saturated heterocycles. The second-order valence-electron chi connectivity index (χ2n) is 18.3. The zero-order valence-electron chi connectivity index (χ0n) is 35.7. The number of benzene rings is 2. The van der Waals surface area contributed by atoms with E-state index in [4.69, 9.17) is 14.0 Å². The number of phosphoric ester groups is 1. The number of aliphatic hydroxyl groups excluding tert-OH is 1. The van der Waals surface area contributed by atoms with E-state index in [-0.39, 0.29) is 73.6 Å². The number of rotatable bonds is 18. The first-order chi connectivity index (χ1) is 29.8. The Morgan fingerprint density at radius 3 is 2.43 bits per heavy atom. The number of Topliss-reactive ketones (excluding diaryl/α,β-unsaturated/α-hetero) is 3. The lowest BCUT2D eigenvalue weighted by Gasteiger charge is -2.59. The summed E-state index contributed by atoms with van der Waals surface area (Å²) in [5.41, 5.74) is 0.808. The van der Waals surface area contributed by atoms with Gasteiger partial charge in [0.15, 0.2) is 29.2 Å². The molecule has 5 aliphatic rings. The van der Waals surface area contributed by atoms with Crippen molar-refractivity contribution in [2.45, 2.75) is 122 Å². The molecular weight excluding hydrogens is 833 g/mol. The fourth-order valence-corrected chi connectivity index (χ4v) is 11.7. The molecule has 0 bridgehead atoms. The summed E-state index contributed by atoms with van der Waals surface area (Å²) in [4.78, 5) is 94.8. The summed E-state index contributed by atoms with van der Waals surface area (Å²) in [5.74, 6) is -3.23. The predicted octanol–water partition coefficient (Wildman–Crippen LogP) is 5.22. The number of phosphoric acid groups is 1. The van der Waals surface area contributed by atoms with Crippen LogP contribution < -0.4 is 5.32 Å². The van der Waals surface area contributed by atoms with Gasteiger partial charge in [-0.3, -0.25) is 33.3 Å². The number of carboxylic acids is 1. The maximum Gasteiger partial charge on any atom is 0.470 e. The Kier molecular flexibility index (Phi) is 13.4. The van der Waals surface area contributed by atoms with E-state index < -0.39 is 73.1 Å². The van der Waals surface area contributed by atoms with E-state index in [1.165, 1.54) is 0 Å². The minimum absolute atomic E-state index is 0.0404. The number of ether oxygens (including phenoxy) is 2. The van der Waals surface area contributed by atoms with Crippen LogP contribution in [0.25, 0.3) is 0 Å². The van der Waals surface area contributed by atoms with Gasteiger partial charge in [0, 0.05) is 54.4 Å². The van der Waals surface area contributed by atoms with Gasteiger partial charge in [0.05, 0.1) is 18.2 Å². The summed E-state index contributed by atoms with van der Waals surface area (Å²) in [7, 11) is -5.03. The number of carbonyl (C=O) groups is 6. The standard InChI is InChI=1S/C47H56NO14P/c1-4-32(49)13-16-41(54)48-36(15-17-42(55)56)37(51)22-29-7-5-6-28(21-29)20-27-8-10-30(11-9-27)44-61-40-24-35-34-14-12-31-23-33(50)18-19-45(31,2)43(34)38(52)25-46(35,3)47(40,62-44)39(53)26-60-63(57,58)59/h5-11,18-19,21,23,34-36,38,40,43-44,52H,4,12-17,20,22,24-26H2,1-3H3,(H,48,54)(H,55,56)(H2,57,58,59)/t34-,35-,36-,38-,40+,43+,44+,45-,46-,47+/m0/s1. The van der Waals surface area contributed by atoms with Crippen molar-refractivity contribution in [1.82, 2.24) is 5.32 Å². The SMILES string of the molecule is CCC(=O)CCC(=O)N[C@@H](CCC(=O)O)C(=O)Cc1cccc(Cc2ccc([C@@H]3O[C@@H]4C[C@H]5[C@@H]6CCC7=CC(=O)C=C[C@]7(C)[C@H]6[C@@H](O)C[C@]5(C)[C@]4(C(=O)COP(=O)(O)O)O3)cc2)c1.